The van der Waals surface area contributed by atoms with Crippen LogP contribution in [0.3, 0.4) is 0 Å². The number of ether oxygens (including phenoxy) is 2. The van der Waals surface area contributed by atoms with Gasteiger partial charge in [0.25, 0.3) is 11.6 Å². The van der Waals surface area contributed by atoms with Crippen molar-refractivity contribution in [1.29, 1.82) is 0 Å². The summed E-state index contributed by atoms with van der Waals surface area (Å²) >= 11 is 0. The molecule has 0 aliphatic carbocycles. The lowest BCUT2D eigenvalue weighted by atomic mass is 10.1. The Morgan fingerprint density at radius 1 is 1.22 bits per heavy atom. The first kappa shape index (κ1) is 22.7. The van der Waals surface area contributed by atoms with E-state index in [1.807, 2.05) is 32.0 Å². The summed E-state index contributed by atoms with van der Waals surface area (Å²) in [4.78, 5) is 48.9. The van der Waals surface area contributed by atoms with E-state index in [2.05, 4.69) is 5.32 Å². The molecule has 2 amide bonds. The molecule has 0 radical (unpaired) electrons. The Hall–Kier alpha value is -3.95. The summed E-state index contributed by atoms with van der Waals surface area (Å²) in [5.41, 5.74) is 2.59. The molecule has 32 heavy (non-hydrogen) atoms. The number of benzene rings is 2. The number of carbonyl (C=O) groups is 3. The summed E-state index contributed by atoms with van der Waals surface area (Å²) in [7, 11) is 1.34. The summed E-state index contributed by atoms with van der Waals surface area (Å²) in [6.07, 6.45) is -0.0997. The average molecular weight is 441 g/mol. The van der Waals surface area contributed by atoms with Gasteiger partial charge in [0, 0.05) is 24.7 Å². The Bertz CT molecular complexity index is 1060. The molecule has 0 spiro atoms. The smallest absolute Gasteiger partial charge is 0.311 e. The molecule has 1 aliphatic rings. The standard InChI is InChI=1S/C22H23N3O7/c1-13-5-4-6-14(2)21(13)23-19(26)12-32-22(28)15-9-20(27)24(11-15)17-8-7-16(25(29)30)10-18(17)31-3/h4-8,10,15H,9,11-12H2,1-3H3,(H,23,26)/t15-/m1/s1. The third kappa shape index (κ3) is 4.85. The molecule has 1 aliphatic heterocycles. The van der Waals surface area contributed by atoms with Crippen molar-refractivity contribution in [2.75, 3.05) is 30.5 Å². The quantitative estimate of drug-likeness (QED) is 0.397. The predicted molar refractivity (Wildman–Crippen MR) is 116 cm³/mol. The molecule has 2 aromatic carbocycles. The van der Waals surface area contributed by atoms with Gasteiger partial charge in [-0.2, -0.15) is 0 Å². The van der Waals surface area contributed by atoms with Crippen molar-refractivity contribution >= 4 is 34.8 Å². The number of nitrogens with one attached hydrogen (secondary N) is 1. The van der Waals surface area contributed by atoms with Crippen molar-refractivity contribution in [2.24, 2.45) is 5.92 Å². The van der Waals surface area contributed by atoms with E-state index >= 15 is 0 Å². The second-order valence-corrected chi connectivity index (χ2v) is 7.44. The molecule has 2 aromatic rings. The zero-order valence-corrected chi connectivity index (χ0v) is 17.9. The lowest BCUT2D eigenvalue weighted by Crippen LogP contribution is -2.28. The summed E-state index contributed by atoms with van der Waals surface area (Å²) in [5.74, 6) is -2.11. The zero-order valence-electron chi connectivity index (χ0n) is 17.9. The molecule has 1 fully saturated rings. The van der Waals surface area contributed by atoms with E-state index in [4.69, 9.17) is 9.47 Å². The van der Waals surface area contributed by atoms with Crippen LogP contribution < -0.4 is 15.0 Å². The SMILES string of the molecule is COc1cc([N+](=O)[O-])ccc1N1C[C@H](C(=O)OCC(=O)Nc2c(C)cccc2C)CC1=O. The largest absolute Gasteiger partial charge is 0.494 e. The summed E-state index contributed by atoms with van der Waals surface area (Å²) in [5, 5.41) is 13.7. The number of hydrogen-bond donors (Lipinski definition) is 1. The van der Waals surface area contributed by atoms with Gasteiger partial charge in [-0.15, -0.1) is 0 Å². The molecule has 10 heteroatoms. The predicted octanol–water partition coefficient (Wildman–Crippen LogP) is 2.76. The lowest BCUT2D eigenvalue weighted by molar-refractivity contribution is -0.384. The van der Waals surface area contributed by atoms with Crippen LogP contribution in [-0.2, 0) is 19.1 Å². The molecule has 168 valence electrons. The minimum atomic E-state index is -0.768. The first-order valence-corrected chi connectivity index (χ1v) is 9.86. The molecule has 0 unspecified atom stereocenters. The normalized spacial score (nSPS) is 15.4. The van der Waals surface area contributed by atoms with Crippen LogP contribution in [-0.4, -0.2) is 43.0 Å². The maximum Gasteiger partial charge on any atom is 0.311 e. The maximum atomic E-state index is 12.5. The van der Waals surface area contributed by atoms with Crippen molar-refractivity contribution < 1.29 is 28.8 Å². The second kappa shape index (κ2) is 9.46. The van der Waals surface area contributed by atoms with Gasteiger partial charge in [-0.05, 0) is 31.0 Å². The topological polar surface area (TPSA) is 128 Å². The molecule has 10 nitrogen and oxygen atoms in total. The summed E-state index contributed by atoms with van der Waals surface area (Å²) in [6, 6.07) is 9.48. The molecule has 0 bridgehead atoms. The molecule has 0 aromatic heterocycles. The van der Waals surface area contributed by atoms with Crippen LogP contribution in [0.1, 0.15) is 17.5 Å². The average Bonchev–Trinajstić information content (AvgIpc) is 3.15. The van der Waals surface area contributed by atoms with Gasteiger partial charge in [0.1, 0.15) is 5.75 Å². The Morgan fingerprint density at radius 3 is 2.53 bits per heavy atom. The Labute approximate surface area is 184 Å². The highest BCUT2D eigenvalue weighted by Gasteiger charge is 2.37. The third-order valence-electron chi connectivity index (χ3n) is 5.21. The molecule has 1 atom stereocenters. The third-order valence-corrected chi connectivity index (χ3v) is 5.21. The molecular formula is C22H23N3O7. The molecule has 1 heterocycles. The molecule has 1 saturated heterocycles. The monoisotopic (exact) mass is 441 g/mol. The van der Waals surface area contributed by atoms with Crippen molar-refractivity contribution in [3.05, 3.63) is 57.6 Å². The van der Waals surface area contributed by atoms with E-state index in [1.165, 1.54) is 30.2 Å². The zero-order chi connectivity index (χ0) is 23.4. The highest BCUT2D eigenvalue weighted by molar-refractivity contribution is 6.01. The molecule has 3 rings (SSSR count). The fourth-order valence-corrected chi connectivity index (χ4v) is 3.54. The minimum absolute atomic E-state index is 0.0182. The first-order chi connectivity index (χ1) is 15.2. The number of hydrogen-bond acceptors (Lipinski definition) is 7. The van der Waals surface area contributed by atoms with E-state index < -0.39 is 29.3 Å². The van der Waals surface area contributed by atoms with Gasteiger partial charge >= 0.3 is 5.97 Å². The van der Waals surface area contributed by atoms with E-state index in [1.54, 1.807) is 0 Å². The molecular weight excluding hydrogens is 418 g/mol. The van der Waals surface area contributed by atoms with Crippen molar-refractivity contribution in [3.63, 3.8) is 0 Å². The fourth-order valence-electron chi connectivity index (χ4n) is 3.54. The number of anilines is 2. The number of esters is 1. The van der Waals surface area contributed by atoms with Crippen molar-refractivity contribution in [2.45, 2.75) is 20.3 Å². The van der Waals surface area contributed by atoms with E-state index in [0.29, 0.717) is 11.4 Å². The number of nitro groups is 1. The molecule has 1 N–H and O–H groups in total. The molecule has 0 saturated carbocycles. The highest BCUT2D eigenvalue weighted by Crippen LogP contribution is 2.36. The van der Waals surface area contributed by atoms with Gasteiger partial charge in [-0.25, -0.2) is 0 Å². The summed E-state index contributed by atoms with van der Waals surface area (Å²) in [6.45, 7) is 3.27. The van der Waals surface area contributed by atoms with Gasteiger partial charge in [0.2, 0.25) is 5.91 Å². The number of rotatable bonds is 7. The van der Waals surface area contributed by atoms with Crippen LogP contribution in [0.25, 0.3) is 0 Å². The number of non-ortho nitro benzene ring substituents is 1. The van der Waals surface area contributed by atoms with Gasteiger partial charge in [-0.1, -0.05) is 18.2 Å². The van der Waals surface area contributed by atoms with Crippen LogP contribution in [0.4, 0.5) is 17.1 Å². The highest BCUT2D eigenvalue weighted by atomic mass is 16.6. The number of para-hydroxylation sites is 1. The number of nitrogens with zero attached hydrogens (tertiary/aromatic N) is 2. The Balaban J connectivity index is 1.62. The number of amides is 2. The Morgan fingerprint density at radius 2 is 1.91 bits per heavy atom. The van der Waals surface area contributed by atoms with Gasteiger partial charge in [0.15, 0.2) is 6.61 Å². The maximum absolute atomic E-state index is 12.5. The second-order valence-electron chi connectivity index (χ2n) is 7.44. The van der Waals surface area contributed by atoms with Crippen LogP contribution in [0.15, 0.2) is 36.4 Å². The van der Waals surface area contributed by atoms with E-state index in [0.717, 1.165) is 11.1 Å². The van der Waals surface area contributed by atoms with Crippen molar-refractivity contribution in [3.8, 4) is 5.75 Å². The minimum Gasteiger partial charge on any atom is -0.494 e. The van der Waals surface area contributed by atoms with Crippen LogP contribution >= 0.6 is 0 Å². The fraction of sp³-hybridized carbons (Fsp3) is 0.318. The van der Waals surface area contributed by atoms with Crippen LogP contribution in [0, 0.1) is 29.9 Å². The van der Waals surface area contributed by atoms with Gasteiger partial charge in [-0.3, -0.25) is 24.5 Å². The van der Waals surface area contributed by atoms with Gasteiger partial charge in [0.05, 0.1) is 29.7 Å². The number of aryl methyl sites for hydroxylation is 2. The van der Waals surface area contributed by atoms with Crippen LogP contribution in [0.2, 0.25) is 0 Å². The van der Waals surface area contributed by atoms with Gasteiger partial charge < -0.3 is 19.7 Å². The van der Waals surface area contributed by atoms with Crippen LogP contribution in [0.5, 0.6) is 5.75 Å². The number of methoxy groups -OCH3 is 1. The lowest BCUT2D eigenvalue weighted by Gasteiger charge is -2.19. The Kier molecular flexibility index (Phi) is 6.72. The van der Waals surface area contributed by atoms with E-state index in [-0.39, 0.29) is 30.3 Å². The number of nitro benzene ring substituents is 1. The summed E-state index contributed by atoms with van der Waals surface area (Å²) < 4.78 is 10.3. The van der Waals surface area contributed by atoms with Crippen molar-refractivity contribution in [1.82, 2.24) is 0 Å². The number of carbonyl (C=O) groups excluding carboxylic acids is 3. The first-order valence-electron chi connectivity index (χ1n) is 9.86. The van der Waals surface area contributed by atoms with E-state index in [9.17, 15) is 24.5 Å².